The first-order chi connectivity index (χ1) is 7.70. The summed E-state index contributed by atoms with van der Waals surface area (Å²) >= 11 is 0. The van der Waals surface area contributed by atoms with E-state index >= 15 is 0 Å². The van der Waals surface area contributed by atoms with Crippen molar-refractivity contribution in [2.24, 2.45) is 0 Å². The summed E-state index contributed by atoms with van der Waals surface area (Å²) in [6, 6.07) is 0.448. The molecule has 0 aliphatic rings. The maximum Gasteiger partial charge on any atom is 0.0616 e. The average molecular weight is 232 g/mol. The Kier molecular flexibility index (Phi) is 11.2. The van der Waals surface area contributed by atoms with Crippen LogP contribution in [0.4, 0.5) is 0 Å². The molecule has 1 atom stereocenters. The van der Waals surface area contributed by atoms with Gasteiger partial charge in [0.1, 0.15) is 0 Å². The van der Waals surface area contributed by atoms with Crippen molar-refractivity contribution in [2.75, 3.05) is 53.6 Å². The summed E-state index contributed by atoms with van der Waals surface area (Å²) in [5, 5.41) is 3.45. The van der Waals surface area contributed by atoms with Gasteiger partial charge >= 0.3 is 0 Å². The van der Waals surface area contributed by atoms with Gasteiger partial charge in [0.2, 0.25) is 0 Å². The van der Waals surface area contributed by atoms with Gasteiger partial charge in [-0.3, -0.25) is 0 Å². The van der Waals surface area contributed by atoms with E-state index < -0.39 is 0 Å². The molecule has 1 N–H and O–H groups in total. The van der Waals surface area contributed by atoms with Gasteiger partial charge in [0.05, 0.1) is 13.2 Å². The smallest absolute Gasteiger partial charge is 0.0616 e. The fraction of sp³-hybridized carbons (Fsp3) is 1.00. The van der Waals surface area contributed by atoms with Crippen LogP contribution in [0.1, 0.15) is 20.3 Å². The maximum atomic E-state index is 5.34. The van der Waals surface area contributed by atoms with Gasteiger partial charge in [-0.05, 0) is 40.4 Å². The maximum absolute atomic E-state index is 5.34. The van der Waals surface area contributed by atoms with Crippen LogP contribution < -0.4 is 5.32 Å². The number of nitrogens with zero attached hydrogens (tertiary/aromatic N) is 1. The molecule has 1 unspecified atom stereocenters. The molecular formula is C12H28N2O2. The largest absolute Gasteiger partial charge is 0.383 e. The molecule has 0 aromatic carbocycles. The summed E-state index contributed by atoms with van der Waals surface area (Å²) in [7, 11) is 3.87. The zero-order chi connectivity index (χ0) is 12.2. The Labute approximate surface area is 100 Å². The second-order valence-electron chi connectivity index (χ2n) is 4.16. The molecule has 0 bridgehead atoms. The van der Waals surface area contributed by atoms with Crippen LogP contribution in [0.5, 0.6) is 0 Å². The number of rotatable bonds is 11. The van der Waals surface area contributed by atoms with Crippen LogP contribution in [0.25, 0.3) is 0 Å². The third-order valence-electron chi connectivity index (χ3n) is 2.46. The van der Waals surface area contributed by atoms with E-state index in [0.29, 0.717) is 6.04 Å². The second-order valence-corrected chi connectivity index (χ2v) is 4.16. The summed E-state index contributed by atoms with van der Waals surface area (Å²) < 4.78 is 10.4. The highest BCUT2D eigenvalue weighted by molar-refractivity contribution is 4.60. The lowest BCUT2D eigenvalue weighted by Crippen LogP contribution is -2.33. The minimum absolute atomic E-state index is 0.448. The minimum Gasteiger partial charge on any atom is -0.383 e. The van der Waals surface area contributed by atoms with E-state index in [9.17, 15) is 0 Å². The molecule has 0 amide bonds. The Hall–Kier alpha value is -0.160. The van der Waals surface area contributed by atoms with Gasteiger partial charge < -0.3 is 19.7 Å². The Balaban J connectivity index is 3.24. The number of ether oxygens (including phenoxy) is 2. The normalized spacial score (nSPS) is 13.3. The van der Waals surface area contributed by atoms with Gasteiger partial charge in [0, 0.05) is 26.3 Å². The Morgan fingerprint density at radius 2 is 2.06 bits per heavy atom. The number of nitrogens with one attached hydrogen (secondary N) is 1. The van der Waals surface area contributed by atoms with Gasteiger partial charge in [0.25, 0.3) is 0 Å². The zero-order valence-electron chi connectivity index (χ0n) is 11.3. The predicted molar refractivity (Wildman–Crippen MR) is 67.9 cm³/mol. The van der Waals surface area contributed by atoms with Crippen molar-refractivity contribution < 1.29 is 9.47 Å². The lowest BCUT2D eigenvalue weighted by atomic mass is 10.3. The van der Waals surface area contributed by atoms with E-state index in [4.69, 9.17) is 9.47 Å². The fourth-order valence-corrected chi connectivity index (χ4v) is 1.41. The molecule has 0 rings (SSSR count). The number of hydrogen-bond acceptors (Lipinski definition) is 4. The molecular weight excluding hydrogens is 204 g/mol. The summed E-state index contributed by atoms with van der Waals surface area (Å²) in [5.74, 6) is 0. The highest BCUT2D eigenvalue weighted by Crippen LogP contribution is 1.89. The van der Waals surface area contributed by atoms with Crippen molar-refractivity contribution in [3.05, 3.63) is 0 Å². The Bertz CT molecular complexity index is 129. The van der Waals surface area contributed by atoms with Crippen molar-refractivity contribution in [1.82, 2.24) is 10.2 Å². The first-order valence-corrected chi connectivity index (χ1v) is 6.19. The van der Waals surface area contributed by atoms with Crippen LogP contribution in [0.2, 0.25) is 0 Å². The van der Waals surface area contributed by atoms with Crippen LogP contribution in [0, 0.1) is 0 Å². The first-order valence-electron chi connectivity index (χ1n) is 6.19. The molecule has 0 radical (unpaired) electrons. The molecule has 0 heterocycles. The molecule has 4 heteroatoms. The van der Waals surface area contributed by atoms with Crippen LogP contribution >= 0.6 is 0 Å². The van der Waals surface area contributed by atoms with E-state index in [-0.39, 0.29) is 0 Å². The molecule has 16 heavy (non-hydrogen) atoms. The fourth-order valence-electron chi connectivity index (χ4n) is 1.41. The van der Waals surface area contributed by atoms with Gasteiger partial charge in [-0.2, -0.15) is 0 Å². The van der Waals surface area contributed by atoms with Gasteiger partial charge in [-0.15, -0.1) is 0 Å². The molecule has 0 aliphatic carbocycles. The monoisotopic (exact) mass is 232 g/mol. The standard InChI is InChI=1S/C12H28N2O2/c1-5-16-11-12(2)13-7-6-8-14(3)9-10-15-4/h12-13H,5-11H2,1-4H3. The Morgan fingerprint density at radius 1 is 1.31 bits per heavy atom. The van der Waals surface area contributed by atoms with Crippen molar-refractivity contribution in [2.45, 2.75) is 26.3 Å². The van der Waals surface area contributed by atoms with E-state index in [0.717, 1.165) is 45.9 Å². The predicted octanol–water partition coefficient (Wildman–Crippen LogP) is 0.969. The van der Waals surface area contributed by atoms with Crippen LogP contribution in [-0.2, 0) is 9.47 Å². The molecule has 0 aliphatic heterocycles. The van der Waals surface area contributed by atoms with E-state index in [2.05, 4.69) is 24.2 Å². The summed E-state index contributed by atoms with van der Waals surface area (Å²) in [6.07, 6.45) is 1.16. The molecule has 98 valence electrons. The second kappa shape index (κ2) is 11.3. The van der Waals surface area contributed by atoms with Gasteiger partial charge in [0.15, 0.2) is 0 Å². The van der Waals surface area contributed by atoms with Crippen molar-refractivity contribution in [1.29, 1.82) is 0 Å². The minimum atomic E-state index is 0.448. The van der Waals surface area contributed by atoms with Crippen LogP contribution in [0.15, 0.2) is 0 Å². The lowest BCUT2D eigenvalue weighted by Gasteiger charge is -2.17. The van der Waals surface area contributed by atoms with Crippen LogP contribution in [-0.4, -0.2) is 64.6 Å². The summed E-state index contributed by atoms with van der Waals surface area (Å²) in [5.41, 5.74) is 0. The average Bonchev–Trinajstić information content (AvgIpc) is 2.29. The summed E-state index contributed by atoms with van der Waals surface area (Å²) in [6.45, 7) is 9.75. The molecule has 4 nitrogen and oxygen atoms in total. The Morgan fingerprint density at radius 3 is 2.69 bits per heavy atom. The molecule has 0 aromatic heterocycles. The van der Waals surface area contributed by atoms with E-state index in [1.54, 1.807) is 7.11 Å². The van der Waals surface area contributed by atoms with Crippen LogP contribution in [0.3, 0.4) is 0 Å². The van der Waals surface area contributed by atoms with Crippen molar-refractivity contribution >= 4 is 0 Å². The quantitative estimate of drug-likeness (QED) is 0.538. The van der Waals surface area contributed by atoms with Gasteiger partial charge in [-0.25, -0.2) is 0 Å². The third kappa shape index (κ3) is 10.4. The highest BCUT2D eigenvalue weighted by atomic mass is 16.5. The number of hydrogen-bond donors (Lipinski definition) is 1. The first kappa shape index (κ1) is 15.8. The van der Waals surface area contributed by atoms with E-state index in [1.807, 2.05) is 6.92 Å². The lowest BCUT2D eigenvalue weighted by molar-refractivity contribution is 0.126. The number of likely N-dealkylation sites (N-methyl/N-ethyl adjacent to an activating group) is 1. The molecule has 0 saturated carbocycles. The zero-order valence-corrected chi connectivity index (χ0v) is 11.3. The summed E-state index contributed by atoms with van der Waals surface area (Å²) in [4.78, 5) is 2.29. The number of methoxy groups -OCH3 is 1. The van der Waals surface area contributed by atoms with E-state index in [1.165, 1.54) is 0 Å². The van der Waals surface area contributed by atoms with Crippen molar-refractivity contribution in [3.63, 3.8) is 0 Å². The van der Waals surface area contributed by atoms with Gasteiger partial charge in [-0.1, -0.05) is 0 Å². The highest BCUT2D eigenvalue weighted by Gasteiger charge is 2.01. The molecule has 0 fully saturated rings. The SMILES string of the molecule is CCOCC(C)NCCCN(C)CCOC. The molecule has 0 aromatic rings. The molecule has 0 saturated heterocycles. The van der Waals surface area contributed by atoms with Crippen molar-refractivity contribution in [3.8, 4) is 0 Å². The molecule has 0 spiro atoms. The topological polar surface area (TPSA) is 33.7 Å². The third-order valence-corrected chi connectivity index (χ3v) is 2.46.